The molecule has 0 saturated heterocycles. The van der Waals surface area contributed by atoms with E-state index in [1.165, 1.54) is 6.08 Å². The van der Waals surface area contributed by atoms with E-state index < -0.39 is 10.8 Å². The summed E-state index contributed by atoms with van der Waals surface area (Å²) >= 11 is 0. The van der Waals surface area contributed by atoms with Gasteiger partial charge in [-0.25, -0.2) is 0 Å². The van der Waals surface area contributed by atoms with Crippen LogP contribution in [0.1, 0.15) is 6.42 Å². The van der Waals surface area contributed by atoms with Gasteiger partial charge in [0.1, 0.15) is 5.92 Å². The molecule has 1 atom stereocenters. The third-order valence-electron chi connectivity index (χ3n) is 1.00. The van der Waals surface area contributed by atoms with Gasteiger partial charge in [0, 0.05) is 4.92 Å². The van der Waals surface area contributed by atoms with Crippen LogP contribution in [-0.4, -0.2) is 11.5 Å². The van der Waals surface area contributed by atoms with E-state index in [0.717, 1.165) is 0 Å². The lowest BCUT2D eigenvalue weighted by atomic mass is 10.1. The van der Waals surface area contributed by atoms with Crippen molar-refractivity contribution in [1.82, 2.24) is 0 Å². The summed E-state index contributed by atoms with van der Waals surface area (Å²) in [5, 5.41) is 18.2. The average Bonchev–Trinajstić information content (AvgIpc) is 1.86. The SMILES string of the molecule is C=CCC(C#N)C[N+](=O)[O-]. The van der Waals surface area contributed by atoms with Crippen molar-refractivity contribution >= 4 is 0 Å². The molecule has 4 nitrogen and oxygen atoms in total. The largest absolute Gasteiger partial charge is 0.264 e. The Kier molecular flexibility index (Phi) is 3.89. The van der Waals surface area contributed by atoms with Crippen molar-refractivity contribution in [3.8, 4) is 6.07 Å². The molecule has 0 bridgehead atoms. The summed E-state index contributed by atoms with van der Waals surface area (Å²) in [5.41, 5.74) is 0. The molecule has 0 aromatic rings. The Morgan fingerprint density at radius 1 is 1.90 bits per heavy atom. The molecule has 0 saturated carbocycles. The molecule has 0 radical (unpaired) electrons. The number of nitrogens with zero attached hydrogens (tertiary/aromatic N) is 2. The van der Waals surface area contributed by atoms with Gasteiger partial charge in [-0.3, -0.25) is 10.1 Å². The Labute approximate surface area is 58.9 Å². The molecule has 1 unspecified atom stereocenters. The van der Waals surface area contributed by atoms with Crippen LogP contribution < -0.4 is 0 Å². The quantitative estimate of drug-likeness (QED) is 0.332. The smallest absolute Gasteiger partial charge is 0.219 e. The topological polar surface area (TPSA) is 66.9 Å². The van der Waals surface area contributed by atoms with Crippen LogP contribution in [0.5, 0.6) is 0 Å². The monoisotopic (exact) mass is 140 g/mol. The molecule has 0 aromatic heterocycles. The van der Waals surface area contributed by atoms with Crippen LogP contribution in [0.3, 0.4) is 0 Å². The summed E-state index contributed by atoms with van der Waals surface area (Å²) in [6.45, 7) is 3.09. The summed E-state index contributed by atoms with van der Waals surface area (Å²) in [4.78, 5) is 9.37. The zero-order chi connectivity index (χ0) is 7.98. The Balaban J connectivity index is 3.74. The molecule has 0 N–H and O–H groups in total. The van der Waals surface area contributed by atoms with Crippen LogP contribution in [0.2, 0.25) is 0 Å². The van der Waals surface area contributed by atoms with Gasteiger partial charge in [0.05, 0.1) is 6.07 Å². The van der Waals surface area contributed by atoms with Crippen LogP contribution in [0, 0.1) is 27.4 Å². The fraction of sp³-hybridized carbons (Fsp3) is 0.500. The second-order valence-electron chi connectivity index (χ2n) is 1.87. The average molecular weight is 140 g/mol. The van der Waals surface area contributed by atoms with Crippen molar-refractivity contribution in [2.45, 2.75) is 6.42 Å². The maximum atomic E-state index is 9.86. The number of allylic oxidation sites excluding steroid dienone is 1. The summed E-state index contributed by atoms with van der Waals surface area (Å²) in [6.07, 6.45) is 1.90. The summed E-state index contributed by atoms with van der Waals surface area (Å²) < 4.78 is 0. The van der Waals surface area contributed by atoms with Gasteiger partial charge in [-0.1, -0.05) is 6.08 Å². The lowest BCUT2D eigenvalue weighted by Crippen LogP contribution is -2.11. The normalized spacial score (nSPS) is 11.5. The summed E-state index contributed by atoms with van der Waals surface area (Å²) in [5.74, 6) is -0.521. The zero-order valence-electron chi connectivity index (χ0n) is 5.49. The maximum absolute atomic E-state index is 9.86. The number of rotatable bonds is 4. The van der Waals surface area contributed by atoms with Gasteiger partial charge >= 0.3 is 0 Å². The third kappa shape index (κ3) is 3.61. The van der Waals surface area contributed by atoms with Crippen molar-refractivity contribution in [3.05, 3.63) is 22.8 Å². The third-order valence-corrected chi connectivity index (χ3v) is 1.00. The second kappa shape index (κ2) is 4.50. The number of nitro groups is 1. The molecule has 0 heterocycles. The van der Waals surface area contributed by atoms with Gasteiger partial charge in [0.2, 0.25) is 6.54 Å². The minimum absolute atomic E-state index is 0.289. The minimum Gasteiger partial charge on any atom is -0.264 e. The highest BCUT2D eigenvalue weighted by molar-refractivity contribution is 4.87. The van der Waals surface area contributed by atoms with Crippen molar-refractivity contribution < 1.29 is 4.92 Å². The van der Waals surface area contributed by atoms with Crippen molar-refractivity contribution in [2.24, 2.45) is 5.92 Å². The first-order valence-corrected chi connectivity index (χ1v) is 2.83. The van der Waals surface area contributed by atoms with E-state index in [-0.39, 0.29) is 6.54 Å². The zero-order valence-corrected chi connectivity index (χ0v) is 5.49. The fourth-order valence-corrected chi connectivity index (χ4v) is 0.549. The standard InChI is InChI=1S/C6H8N2O2/c1-2-3-6(4-7)5-8(9)10/h2,6H,1,3,5H2. The highest BCUT2D eigenvalue weighted by Gasteiger charge is 2.11. The molecular weight excluding hydrogens is 132 g/mol. The van der Waals surface area contributed by atoms with Crippen LogP contribution >= 0.6 is 0 Å². The predicted molar refractivity (Wildman–Crippen MR) is 35.8 cm³/mol. The first-order chi connectivity index (χ1) is 4.70. The first kappa shape index (κ1) is 8.63. The number of hydrogen-bond acceptors (Lipinski definition) is 3. The van der Waals surface area contributed by atoms with E-state index in [0.29, 0.717) is 6.42 Å². The van der Waals surface area contributed by atoms with Crippen molar-refractivity contribution in [3.63, 3.8) is 0 Å². The van der Waals surface area contributed by atoms with Gasteiger partial charge in [-0.15, -0.1) is 6.58 Å². The van der Waals surface area contributed by atoms with E-state index in [9.17, 15) is 10.1 Å². The van der Waals surface area contributed by atoms with E-state index >= 15 is 0 Å². The number of hydrogen-bond donors (Lipinski definition) is 0. The van der Waals surface area contributed by atoms with E-state index in [1.807, 2.05) is 6.07 Å². The van der Waals surface area contributed by atoms with Crippen LogP contribution in [-0.2, 0) is 0 Å². The molecule has 0 rings (SSSR count). The van der Waals surface area contributed by atoms with Crippen LogP contribution in [0.25, 0.3) is 0 Å². The van der Waals surface area contributed by atoms with Crippen LogP contribution in [0.15, 0.2) is 12.7 Å². The molecule has 4 heteroatoms. The van der Waals surface area contributed by atoms with E-state index in [2.05, 4.69) is 6.58 Å². The maximum Gasteiger partial charge on any atom is 0.219 e. The Morgan fingerprint density at radius 3 is 2.80 bits per heavy atom. The van der Waals surface area contributed by atoms with E-state index in [4.69, 9.17) is 5.26 Å². The molecule has 10 heavy (non-hydrogen) atoms. The number of nitriles is 1. The summed E-state index contributed by atoms with van der Waals surface area (Å²) in [7, 11) is 0. The lowest BCUT2D eigenvalue weighted by molar-refractivity contribution is -0.485. The van der Waals surface area contributed by atoms with Gasteiger partial charge in [0.15, 0.2) is 0 Å². The molecule has 0 spiro atoms. The molecule has 0 aliphatic carbocycles. The van der Waals surface area contributed by atoms with Crippen molar-refractivity contribution in [1.29, 1.82) is 5.26 Å². The Bertz CT molecular complexity index is 171. The molecule has 0 aliphatic rings. The van der Waals surface area contributed by atoms with Crippen LogP contribution in [0.4, 0.5) is 0 Å². The predicted octanol–water partition coefficient (Wildman–Crippen LogP) is 0.979. The molecule has 0 fully saturated rings. The van der Waals surface area contributed by atoms with Gasteiger partial charge in [0.25, 0.3) is 0 Å². The van der Waals surface area contributed by atoms with Gasteiger partial charge < -0.3 is 0 Å². The molecule has 0 aromatic carbocycles. The molecule has 54 valence electrons. The molecular formula is C6H8N2O2. The lowest BCUT2D eigenvalue weighted by Gasteiger charge is -1.96. The molecule has 0 amide bonds. The fourth-order valence-electron chi connectivity index (χ4n) is 0.549. The molecule has 0 aliphatic heterocycles. The van der Waals surface area contributed by atoms with Gasteiger partial charge in [-0.05, 0) is 6.42 Å². The minimum atomic E-state index is -0.521. The van der Waals surface area contributed by atoms with E-state index in [1.54, 1.807) is 0 Å². The second-order valence-corrected chi connectivity index (χ2v) is 1.87. The van der Waals surface area contributed by atoms with Gasteiger partial charge in [-0.2, -0.15) is 5.26 Å². The first-order valence-electron chi connectivity index (χ1n) is 2.83. The Hall–Kier alpha value is -1.37. The Morgan fingerprint density at radius 2 is 2.50 bits per heavy atom. The highest BCUT2D eigenvalue weighted by atomic mass is 16.6. The highest BCUT2D eigenvalue weighted by Crippen LogP contribution is 2.01. The van der Waals surface area contributed by atoms with Crippen molar-refractivity contribution in [2.75, 3.05) is 6.54 Å². The summed E-state index contributed by atoms with van der Waals surface area (Å²) in [6, 6.07) is 1.82.